The third-order valence-electron chi connectivity index (χ3n) is 4.37. The second kappa shape index (κ2) is 5.43. The van der Waals surface area contributed by atoms with Gasteiger partial charge in [0.25, 0.3) is 0 Å². The Kier molecular flexibility index (Phi) is 3.27. The summed E-state index contributed by atoms with van der Waals surface area (Å²) >= 11 is 0. The molecule has 0 atom stereocenters. The Labute approximate surface area is 134 Å². The summed E-state index contributed by atoms with van der Waals surface area (Å²) in [6.07, 6.45) is 0.939. The molecule has 0 unspecified atom stereocenters. The molecular formula is C20H17NO2. The monoisotopic (exact) mass is 303 g/mol. The van der Waals surface area contributed by atoms with E-state index in [1.807, 2.05) is 36.4 Å². The number of methoxy groups -OCH3 is 1. The fourth-order valence-electron chi connectivity index (χ4n) is 3.22. The Morgan fingerprint density at radius 2 is 1.87 bits per heavy atom. The number of fused-ring (bicyclic) bond motifs is 2. The summed E-state index contributed by atoms with van der Waals surface area (Å²) < 4.78 is 5.35. The van der Waals surface area contributed by atoms with Gasteiger partial charge in [-0.05, 0) is 41.0 Å². The summed E-state index contributed by atoms with van der Waals surface area (Å²) in [5.41, 5.74) is 4.03. The molecule has 0 saturated heterocycles. The van der Waals surface area contributed by atoms with Gasteiger partial charge in [-0.3, -0.25) is 4.99 Å². The molecule has 1 heterocycles. The fraction of sp³-hybridized carbons (Fsp3) is 0.150. The summed E-state index contributed by atoms with van der Waals surface area (Å²) in [6.45, 7) is 0.742. The summed E-state index contributed by atoms with van der Waals surface area (Å²) in [7, 11) is 1.65. The van der Waals surface area contributed by atoms with Crippen LogP contribution in [0.3, 0.4) is 0 Å². The van der Waals surface area contributed by atoms with E-state index in [1.165, 1.54) is 5.56 Å². The van der Waals surface area contributed by atoms with E-state index in [1.54, 1.807) is 13.2 Å². The minimum Gasteiger partial charge on any atom is -0.507 e. The number of phenolic OH excluding ortho intramolecular Hbond substituents is 1. The fourth-order valence-corrected chi connectivity index (χ4v) is 3.22. The zero-order chi connectivity index (χ0) is 15.8. The Morgan fingerprint density at radius 1 is 1.04 bits per heavy atom. The molecule has 0 saturated carbocycles. The van der Waals surface area contributed by atoms with Gasteiger partial charge in [0, 0.05) is 12.1 Å². The Balaban J connectivity index is 2.02. The zero-order valence-corrected chi connectivity index (χ0v) is 12.9. The number of rotatable bonds is 2. The van der Waals surface area contributed by atoms with Gasteiger partial charge in [0.15, 0.2) is 0 Å². The van der Waals surface area contributed by atoms with Gasteiger partial charge in [-0.15, -0.1) is 0 Å². The van der Waals surface area contributed by atoms with E-state index in [9.17, 15) is 5.11 Å². The molecule has 0 aromatic heterocycles. The lowest BCUT2D eigenvalue weighted by Crippen LogP contribution is -2.14. The Hall–Kier alpha value is -2.81. The highest BCUT2D eigenvalue weighted by Gasteiger charge is 2.20. The number of aliphatic imine (C=N–C) groups is 1. The number of aromatic hydroxyl groups is 1. The first-order valence-corrected chi connectivity index (χ1v) is 7.71. The quantitative estimate of drug-likeness (QED) is 0.779. The van der Waals surface area contributed by atoms with Crippen LogP contribution >= 0.6 is 0 Å². The highest BCUT2D eigenvalue weighted by atomic mass is 16.5. The van der Waals surface area contributed by atoms with Gasteiger partial charge < -0.3 is 9.84 Å². The lowest BCUT2D eigenvalue weighted by Gasteiger charge is -2.19. The number of hydrogen-bond acceptors (Lipinski definition) is 3. The first-order valence-electron chi connectivity index (χ1n) is 7.71. The molecule has 0 amide bonds. The minimum absolute atomic E-state index is 0.251. The molecule has 3 heteroatoms. The molecule has 0 radical (unpaired) electrons. The molecule has 0 aliphatic carbocycles. The topological polar surface area (TPSA) is 41.8 Å². The van der Waals surface area contributed by atoms with E-state index in [-0.39, 0.29) is 5.75 Å². The first kappa shape index (κ1) is 13.8. The lowest BCUT2D eigenvalue weighted by molar-refractivity contribution is 0.415. The second-order valence-corrected chi connectivity index (χ2v) is 5.68. The number of hydrogen-bond donors (Lipinski definition) is 1. The van der Waals surface area contributed by atoms with Crippen molar-refractivity contribution in [2.75, 3.05) is 13.7 Å². The van der Waals surface area contributed by atoms with Crippen LogP contribution in [0.2, 0.25) is 0 Å². The lowest BCUT2D eigenvalue weighted by atomic mass is 9.90. The van der Waals surface area contributed by atoms with Crippen LogP contribution in [-0.4, -0.2) is 24.5 Å². The van der Waals surface area contributed by atoms with Crippen LogP contribution < -0.4 is 4.74 Å². The maximum Gasteiger partial charge on any atom is 0.125 e. The minimum atomic E-state index is 0.251. The molecular weight excluding hydrogens is 286 g/mol. The van der Waals surface area contributed by atoms with Crippen molar-refractivity contribution >= 4 is 16.5 Å². The van der Waals surface area contributed by atoms with Gasteiger partial charge in [-0.1, -0.05) is 36.4 Å². The third-order valence-corrected chi connectivity index (χ3v) is 4.37. The van der Waals surface area contributed by atoms with Crippen LogP contribution in [0.5, 0.6) is 11.5 Å². The second-order valence-electron chi connectivity index (χ2n) is 5.68. The summed E-state index contributed by atoms with van der Waals surface area (Å²) in [6, 6.07) is 17.8. The molecule has 1 aliphatic heterocycles. The molecule has 4 rings (SSSR count). The van der Waals surface area contributed by atoms with Crippen molar-refractivity contribution in [1.82, 2.24) is 0 Å². The van der Waals surface area contributed by atoms with Gasteiger partial charge in [-0.25, -0.2) is 0 Å². The Morgan fingerprint density at radius 3 is 2.74 bits per heavy atom. The van der Waals surface area contributed by atoms with Gasteiger partial charge in [0.2, 0.25) is 0 Å². The molecule has 23 heavy (non-hydrogen) atoms. The average Bonchev–Trinajstić information content (AvgIpc) is 2.61. The van der Waals surface area contributed by atoms with Gasteiger partial charge in [0.05, 0.1) is 18.4 Å². The number of nitrogens with zero attached hydrogens (tertiary/aromatic N) is 1. The maximum atomic E-state index is 10.5. The van der Waals surface area contributed by atoms with Crippen LogP contribution in [0.4, 0.5) is 0 Å². The molecule has 3 aromatic rings. The average molecular weight is 303 g/mol. The number of benzene rings is 3. The summed E-state index contributed by atoms with van der Waals surface area (Å²) in [5.74, 6) is 1.02. The molecule has 3 nitrogen and oxygen atoms in total. The van der Waals surface area contributed by atoms with Gasteiger partial charge in [0.1, 0.15) is 11.5 Å². The normalized spacial score (nSPS) is 13.5. The van der Waals surface area contributed by atoms with E-state index >= 15 is 0 Å². The molecule has 1 aliphatic rings. The summed E-state index contributed by atoms with van der Waals surface area (Å²) in [5, 5.41) is 12.5. The smallest absolute Gasteiger partial charge is 0.125 e. The highest BCUT2D eigenvalue weighted by molar-refractivity contribution is 6.22. The SMILES string of the molecule is COc1ccc2ccc(O)c(C3=NCCc4ccccc43)c2c1. The van der Waals surface area contributed by atoms with Gasteiger partial charge >= 0.3 is 0 Å². The number of ether oxygens (including phenoxy) is 1. The van der Waals surface area contributed by atoms with Crippen LogP contribution in [-0.2, 0) is 6.42 Å². The van der Waals surface area contributed by atoms with Crippen molar-refractivity contribution in [3.8, 4) is 11.5 Å². The molecule has 114 valence electrons. The zero-order valence-electron chi connectivity index (χ0n) is 12.9. The van der Waals surface area contributed by atoms with Gasteiger partial charge in [-0.2, -0.15) is 0 Å². The molecule has 0 spiro atoms. The van der Waals surface area contributed by atoms with Crippen molar-refractivity contribution in [3.63, 3.8) is 0 Å². The predicted molar refractivity (Wildman–Crippen MR) is 92.8 cm³/mol. The van der Waals surface area contributed by atoms with E-state index in [0.717, 1.165) is 46.3 Å². The van der Waals surface area contributed by atoms with Crippen molar-refractivity contribution in [2.24, 2.45) is 4.99 Å². The number of phenols is 1. The van der Waals surface area contributed by atoms with Crippen LogP contribution in [0.1, 0.15) is 16.7 Å². The van der Waals surface area contributed by atoms with Crippen molar-refractivity contribution in [3.05, 3.63) is 71.3 Å². The highest BCUT2D eigenvalue weighted by Crippen LogP contribution is 2.34. The third kappa shape index (κ3) is 2.25. The maximum absolute atomic E-state index is 10.5. The van der Waals surface area contributed by atoms with Crippen LogP contribution in [0.25, 0.3) is 10.8 Å². The standard InChI is InChI=1S/C20H17NO2/c1-23-15-8-6-14-7-9-18(22)19(17(14)12-15)20-16-5-3-2-4-13(16)10-11-21-20/h2-9,12,22H,10-11H2,1H3. The molecule has 3 aromatic carbocycles. The summed E-state index contributed by atoms with van der Waals surface area (Å²) in [4.78, 5) is 4.72. The molecule has 1 N–H and O–H groups in total. The predicted octanol–water partition coefficient (Wildman–Crippen LogP) is 3.95. The molecule has 0 fully saturated rings. The Bertz CT molecular complexity index is 928. The van der Waals surface area contributed by atoms with Crippen LogP contribution in [0, 0.1) is 0 Å². The van der Waals surface area contributed by atoms with E-state index in [0.29, 0.717) is 0 Å². The van der Waals surface area contributed by atoms with Crippen LogP contribution in [0.15, 0.2) is 59.6 Å². The first-order chi connectivity index (χ1) is 11.3. The van der Waals surface area contributed by atoms with Crippen molar-refractivity contribution in [1.29, 1.82) is 0 Å². The van der Waals surface area contributed by atoms with Crippen molar-refractivity contribution in [2.45, 2.75) is 6.42 Å². The van der Waals surface area contributed by atoms with E-state index < -0.39 is 0 Å². The van der Waals surface area contributed by atoms with Crippen molar-refractivity contribution < 1.29 is 9.84 Å². The largest absolute Gasteiger partial charge is 0.507 e. The molecule has 0 bridgehead atoms. The van der Waals surface area contributed by atoms with E-state index in [2.05, 4.69) is 12.1 Å². The van der Waals surface area contributed by atoms with E-state index in [4.69, 9.17) is 9.73 Å².